The number of carbonyl (C=O) groups is 1. The Morgan fingerprint density at radius 1 is 1.50 bits per heavy atom. The van der Waals surface area contributed by atoms with Gasteiger partial charge in [0.25, 0.3) is 5.97 Å². The Labute approximate surface area is 93.4 Å². The van der Waals surface area contributed by atoms with Gasteiger partial charge in [-0.2, -0.15) is 0 Å². The molecular weight excluding hydrogens is 216 g/mol. The van der Waals surface area contributed by atoms with Gasteiger partial charge in [-0.1, -0.05) is 0 Å². The molecule has 0 bridgehead atoms. The highest BCUT2D eigenvalue weighted by molar-refractivity contribution is 5.66. The van der Waals surface area contributed by atoms with Crippen LogP contribution in [0.3, 0.4) is 0 Å². The molecule has 2 saturated heterocycles. The van der Waals surface area contributed by atoms with Crippen LogP contribution in [0.25, 0.3) is 0 Å². The predicted octanol–water partition coefficient (Wildman–Crippen LogP) is 0.134. The van der Waals surface area contributed by atoms with Crippen LogP contribution in [0.1, 0.15) is 27.2 Å². The van der Waals surface area contributed by atoms with Crippen molar-refractivity contribution in [2.45, 2.75) is 57.8 Å². The van der Waals surface area contributed by atoms with E-state index in [1.165, 1.54) is 13.8 Å². The third kappa shape index (κ3) is 2.35. The lowest BCUT2D eigenvalue weighted by Crippen LogP contribution is -2.46. The first-order valence-corrected chi connectivity index (χ1v) is 5.28. The van der Waals surface area contributed by atoms with E-state index in [0.29, 0.717) is 6.42 Å². The van der Waals surface area contributed by atoms with Crippen LogP contribution < -0.4 is 0 Å². The summed E-state index contributed by atoms with van der Waals surface area (Å²) in [7, 11) is 0. The van der Waals surface area contributed by atoms with Gasteiger partial charge in [-0.25, -0.2) is 0 Å². The summed E-state index contributed by atoms with van der Waals surface area (Å²) in [6, 6.07) is 0. The average Bonchev–Trinajstić information content (AvgIpc) is 2.38. The van der Waals surface area contributed by atoms with E-state index in [1.807, 2.05) is 0 Å². The van der Waals surface area contributed by atoms with Gasteiger partial charge in [0.2, 0.25) is 0 Å². The molecule has 0 amide bonds. The summed E-state index contributed by atoms with van der Waals surface area (Å²) < 4.78 is 21.0. The zero-order valence-electron chi connectivity index (χ0n) is 9.50. The lowest BCUT2D eigenvalue weighted by atomic mass is 10.0. The van der Waals surface area contributed by atoms with E-state index in [4.69, 9.17) is 18.9 Å². The van der Waals surface area contributed by atoms with Crippen LogP contribution in [0.15, 0.2) is 0 Å². The van der Waals surface area contributed by atoms with Gasteiger partial charge in [-0.05, 0) is 6.92 Å². The fraction of sp³-hybridized carbons (Fsp3) is 0.900. The molecular formula is C10H16O6. The van der Waals surface area contributed by atoms with Crippen LogP contribution >= 0.6 is 0 Å². The molecule has 2 heterocycles. The molecule has 0 saturated carbocycles. The molecule has 0 aromatic carbocycles. The number of fused-ring (bicyclic) bond motifs is 1. The third-order valence-electron chi connectivity index (χ3n) is 2.66. The van der Waals surface area contributed by atoms with Gasteiger partial charge in [-0.15, -0.1) is 0 Å². The normalized spacial score (nSPS) is 47.5. The average molecular weight is 232 g/mol. The number of esters is 1. The maximum Gasteiger partial charge on any atom is 0.302 e. The third-order valence-corrected chi connectivity index (χ3v) is 2.66. The summed E-state index contributed by atoms with van der Waals surface area (Å²) in [5.41, 5.74) is 0. The second-order valence-corrected chi connectivity index (χ2v) is 4.27. The van der Waals surface area contributed by atoms with Gasteiger partial charge in [-0.3, -0.25) is 9.53 Å². The molecule has 2 rings (SSSR count). The summed E-state index contributed by atoms with van der Waals surface area (Å²) in [5, 5.41) is 9.55. The van der Waals surface area contributed by atoms with Gasteiger partial charge in [0, 0.05) is 20.3 Å². The summed E-state index contributed by atoms with van der Waals surface area (Å²) >= 11 is 0. The highest BCUT2D eigenvalue weighted by Crippen LogP contribution is 2.35. The van der Waals surface area contributed by atoms with Crippen molar-refractivity contribution in [1.29, 1.82) is 0 Å². The molecule has 0 aliphatic carbocycles. The first-order chi connectivity index (χ1) is 7.37. The summed E-state index contributed by atoms with van der Waals surface area (Å²) in [4.78, 5) is 10.9. The number of aliphatic hydroxyl groups is 1. The SMILES string of the molecule is CC(=O)OC1C[C@H]2OC(C)(O)OC2O[C@H]1C. The second kappa shape index (κ2) is 3.96. The van der Waals surface area contributed by atoms with E-state index in [9.17, 15) is 9.90 Å². The van der Waals surface area contributed by atoms with E-state index in [1.54, 1.807) is 6.92 Å². The van der Waals surface area contributed by atoms with Crippen LogP contribution in [0.5, 0.6) is 0 Å². The quantitative estimate of drug-likeness (QED) is 0.648. The van der Waals surface area contributed by atoms with Gasteiger partial charge in [0.15, 0.2) is 6.29 Å². The predicted molar refractivity (Wildman–Crippen MR) is 51.1 cm³/mol. The Morgan fingerprint density at radius 2 is 2.19 bits per heavy atom. The van der Waals surface area contributed by atoms with Crippen molar-refractivity contribution in [1.82, 2.24) is 0 Å². The first-order valence-electron chi connectivity index (χ1n) is 5.28. The number of hydrogen-bond donors (Lipinski definition) is 1. The van der Waals surface area contributed by atoms with Gasteiger partial charge in [0.1, 0.15) is 12.2 Å². The summed E-state index contributed by atoms with van der Waals surface area (Å²) in [6.45, 7) is 4.54. The molecule has 92 valence electrons. The number of ether oxygens (including phenoxy) is 4. The summed E-state index contributed by atoms with van der Waals surface area (Å²) in [5.74, 6) is -1.98. The van der Waals surface area contributed by atoms with Crippen LogP contribution in [-0.4, -0.2) is 41.7 Å². The molecule has 3 unspecified atom stereocenters. The van der Waals surface area contributed by atoms with Crippen LogP contribution in [-0.2, 0) is 23.7 Å². The molecule has 0 aromatic heterocycles. The topological polar surface area (TPSA) is 74.2 Å². The van der Waals surface area contributed by atoms with Crippen molar-refractivity contribution in [2.75, 3.05) is 0 Å². The van der Waals surface area contributed by atoms with Gasteiger partial charge < -0.3 is 19.3 Å². The van der Waals surface area contributed by atoms with Crippen LogP contribution in [0.4, 0.5) is 0 Å². The van der Waals surface area contributed by atoms with Crippen molar-refractivity contribution in [3.63, 3.8) is 0 Å². The minimum atomic E-state index is -1.62. The Balaban J connectivity index is 2.01. The Morgan fingerprint density at radius 3 is 2.81 bits per heavy atom. The highest BCUT2D eigenvalue weighted by Gasteiger charge is 2.50. The molecule has 16 heavy (non-hydrogen) atoms. The second-order valence-electron chi connectivity index (χ2n) is 4.27. The van der Waals surface area contributed by atoms with Crippen molar-refractivity contribution < 1.29 is 28.8 Å². The van der Waals surface area contributed by atoms with Crippen molar-refractivity contribution in [3.05, 3.63) is 0 Å². The van der Waals surface area contributed by atoms with E-state index >= 15 is 0 Å². The highest BCUT2D eigenvalue weighted by atomic mass is 16.9. The fourth-order valence-electron chi connectivity index (χ4n) is 2.01. The molecule has 2 aliphatic heterocycles. The summed E-state index contributed by atoms with van der Waals surface area (Å²) in [6.07, 6.45) is -1.19. The molecule has 0 radical (unpaired) electrons. The molecule has 2 fully saturated rings. The van der Waals surface area contributed by atoms with Crippen LogP contribution in [0, 0.1) is 0 Å². The number of hydrogen-bond acceptors (Lipinski definition) is 6. The van der Waals surface area contributed by atoms with Crippen molar-refractivity contribution >= 4 is 5.97 Å². The van der Waals surface area contributed by atoms with E-state index in [2.05, 4.69) is 0 Å². The maximum atomic E-state index is 10.9. The van der Waals surface area contributed by atoms with E-state index in [0.717, 1.165) is 0 Å². The molecule has 0 spiro atoms. The maximum absolute atomic E-state index is 10.9. The van der Waals surface area contributed by atoms with Crippen molar-refractivity contribution in [2.24, 2.45) is 0 Å². The molecule has 6 nitrogen and oxygen atoms in total. The lowest BCUT2D eigenvalue weighted by molar-refractivity contribution is -0.321. The number of carbonyl (C=O) groups excluding carboxylic acids is 1. The monoisotopic (exact) mass is 232 g/mol. The molecule has 1 N–H and O–H groups in total. The Kier molecular flexibility index (Phi) is 2.91. The fourth-order valence-corrected chi connectivity index (χ4v) is 2.01. The zero-order valence-corrected chi connectivity index (χ0v) is 9.50. The smallest absolute Gasteiger partial charge is 0.302 e. The molecule has 5 atom stereocenters. The molecule has 0 aromatic rings. The standard InChI is InChI=1S/C10H16O6/c1-5-7(14-6(2)11)4-8-9(13-5)16-10(3,12)15-8/h5,7-9,12H,4H2,1-3H3/t5-,7?,8+,9?,10?/m0/s1. The van der Waals surface area contributed by atoms with Crippen molar-refractivity contribution in [3.8, 4) is 0 Å². The zero-order chi connectivity index (χ0) is 11.9. The van der Waals surface area contributed by atoms with E-state index in [-0.39, 0.29) is 18.2 Å². The largest absolute Gasteiger partial charge is 0.460 e. The lowest BCUT2D eigenvalue weighted by Gasteiger charge is -2.33. The van der Waals surface area contributed by atoms with Gasteiger partial charge >= 0.3 is 5.97 Å². The Hall–Kier alpha value is -0.690. The molecule has 6 heteroatoms. The first kappa shape index (κ1) is 11.8. The molecule has 2 aliphatic rings. The van der Waals surface area contributed by atoms with Crippen LogP contribution in [0.2, 0.25) is 0 Å². The van der Waals surface area contributed by atoms with E-state index < -0.39 is 18.4 Å². The minimum absolute atomic E-state index is 0.275. The minimum Gasteiger partial charge on any atom is -0.460 e. The van der Waals surface area contributed by atoms with Gasteiger partial charge in [0.05, 0.1) is 6.10 Å². The number of rotatable bonds is 1. The Bertz CT molecular complexity index is 289.